The van der Waals surface area contributed by atoms with Gasteiger partial charge in [0.1, 0.15) is 0 Å². The Labute approximate surface area is 136 Å². The molecule has 2 aromatic carbocycles. The summed E-state index contributed by atoms with van der Waals surface area (Å²) in [7, 11) is 0. The molecular formula is C18H21N3O2. The third kappa shape index (κ3) is 5.82. The highest BCUT2D eigenvalue weighted by molar-refractivity contribution is 6.02. The van der Waals surface area contributed by atoms with Gasteiger partial charge in [-0.2, -0.15) is 0 Å². The van der Waals surface area contributed by atoms with E-state index in [0.717, 1.165) is 16.8 Å². The summed E-state index contributed by atoms with van der Waals surface area (Å²) in [4.78, 5) is 16.1. The number of guanidine groups is 1. The zero-order valence-electron chi connectivity index (χ0n) is 13.4. The van der Waals surface area contributed by atoms with E-state index < -0.39 is 6.09 Å². The number of carbonyl (C=O) groups excluding carboxylic acids is 1. The maximum Gasteiger partial charge on any atom is 0.413 e. The smallest absolute Gasteiger partial charge is 0.413 e. The summed E-state index contributed by atoms with van der Waals surface area (Å²) in [6, 6.07) is 17.7. The third-order valence-corrected chi connectivity index (χ3v) is 3.07. The SMILES string of the molecule is CCOC(=O)NC(=NCc1ccccc1)Nc1ccc(C)cc1. The molecule has 0 aromatic heterocycles. The first-order chi connectivity index (χ1) is 11.2. The van der Waals surface area contributed by atoms with Gasteiger partial charge in [-0.05, 0) is 31.5 Å². The number of nitrogens with zero attached hydrogens (tertiary/aromatic N) is 1. The molecule has 0 aliphatic heterocycles. The van der Waals surface area contributed by atoms with Gasteiger partial charge in [0.05, 0.1) is 13.2 Å². The van der Waals surface area contributed by atoms with E-state index in [-0.39, 0.29) is 0 Å². The van der Waals surface area contributed by atoms with Crippen LogP contribution in [0.3, 0.4) is 0 Å². The number of carbonyl (C=O) groups is 1. The first-order valence-corrected chi connectivity index (χ1v) is 7.53. The molecule has 0 unspecified atom stereocenters. The van der Waals surface area contributed by atoms with Crippen molar-refractivity contribution in [2.75, 3.05) is 11.9 Å². The van der Waals surface area contributed by atoms with E-state index in [4.69, 9.17) is 4.74 Å². The summed E-state index contributed by atoms with van der Waals surface area (Å²) >= 11 is 0. The van der Waals surface area contributed by atoms with E-state index in [2.05, 4.69) is 15.6 Å². The maximum atomic E-state index is 11.7. The van der Waals surface area contributed by atoms with E-state index in [9.17, 15) is 4.79 Å². The molecule has 23 heavy (non-hydrogen) atoms. The number of amides is 1. The van der Waals surface area contributed by atoms with Crippen LogP contribution in [0, 0.1) is 6.92 Å². The summed E-state index contributed by atoms with van der Waals surface area (Å²) in [5.74, 6) is 0.358. The third-order valence-electron chi connectivity index (χ3n) is 3.07. The predicted molar refractivity (Wildman–Crippen MR) is 92.5 cm³/mol. The molecule has 2 aromatic rings. The van der Waals surface area contributed by atoms with Crippen molar-refractivity contribution >= 4 is 17.7 Å². The fraction of sp³-hybridized carbons (Fsp3) is 0.222. The number of aliphatic imine (C=N–C) groups is 1. The van der Waals surface area contributed by atoms with Gasteiger partial charge in [0.2, 0.25) is 5.96 Å². The van der Waals surface area contributed by atoms with Gasteiger partial charge in [0.25, 0.3) is 0 Å². The number of anilines is 1. The molecule has 5 nitrogen and oxygen atoms in total. The van der Waals surface area contributed by atoms with Crippen molar-refractivity contribution in [3.05, 3.63) is 65.7 Å². The average Bonchev–Trinajstić information content (AvgIpc) is 2.56. The van der Waals surface area contributed by atoms with Crippen molar-refractivity contribution < 1.29 is 9.53 Å². The van der Waals surface area contributed by atoms with Crippen LogP contribution in [0.4, 0.5) is 10.5 Å². The van der Waals surface area contributed by atoms with Gasteiger partial charge in [-0.3, -0.25) is 5.32 Å². The molecular weight excluding hydrogens is 290 g/mol. The molecule has 2 N–H and O–H groups in total. The molecule has 0 saturated heterocycles. The van der Waals surface area contributed by atoms with Crippen molar-refractivity contribution in [3.8, 4) is 0 Å². The summed E-state index contributed by atoms with van der Waals surface area (Å²) in [6.45, 7) is 4.54. The van der Waals surface area contributed by atoms with Crippen molar-refractivity contribution in [3.63, 3.8) is 0 Å². The van der Waals surface area contributed by atoms with E-state index in [1.54, 1.807) is 6.92 Å². The van der Waals surface area contributed by atoms with E-state index in [1.807, 2.05) is 61.5 Å². The van der Waals surface area contributed by atoms with Gasteiger partial charge in [-0.15, -0.1) is 0 Å². The van der Waals surface area contributed by atoms with Crippen LogP contribution < -0.4 is 10.6 Å². The van der Waals surface area contributed by atoms with Gasteiger partial charge >= 0.3 is 6.09 Å². The molecule has 0 radical (unpaired) electrons. The Hall–Kier alpha value is -2.82. The Morgan fingerprint density at radius 3 is 2.43 bits per heavy atom. The van der Waals surface area contributed by atoms with Crippen LogP contribution in [0.5, 0.6) is 0 Å². The van der Waals surface area contributed by atoms with Gasteiger partial charge in [0, 0.05) is 5.69 Å². The summed E-state index contributed by atoms with van der Waals surface area (Å²) in [5.41, 5.74) is 3.07. The topological polar surface area (TPSA) is 62.7 Å². The van der Waals surface area contributed by atoms with Crippen LogP contribution in [0.25, 0.3) is 0 Å². The summed E-state index contributed by atoms with van der Waals surface area (Å²) in [6.07, 6.45) is -0.529. The summed E-state index contributed by atoms with van der Waals surface area (Å²) in [5, 5.41) is 5.73. The van der Waals surface area contributed by atoms with Crippen molar-refractivity contribution in [2.45, 2.75) is 20.4 Å². The minimum absolute atomic E-state index is 0.308. The minimum atomic E-state index is -0.529. The predicted octanol–water partition coefficient (Wildman–Crippen LogP) is 3.71. The molecule has 0 atom stereocenters. The highest BCUT2D eigenvalue weighted by Crippen LogP contribution is 2.09. The molecule has 5 heteroatoms. The van der Waals surface area contributed by atoms with Crippen molar-refractivity contribution in [1.29, 1.82) is 0 Å². The lowest BCUT2D eigenvalue weighted by Crippen LogP contribution is -2.36. The van der Waals surface area contributed by atoms with Crippen LogP contribution in [0.15, 0.2) is 59.6 Å². The lowest BCUT2D eigenvalue weighted by Gasteiger charge is -2.12. The average molecular weight is 311 g/mol. The number of hydrogen-bond acceptors (Lipinski definition) is 3. The zero-order chi connectivity index (χ0) is 16.5. The fourth-order valence-corrected chi connectivity index (χ4v) is 1.90. The Kier molecular flexibility index (Phi) is 6.17. The number of nitrogens with one attached hydrogen (secondary N) is 2. The Bertz CT molecular complexity index is 652. The number of alkyl carbamates (subject to hydrolysis) is 1. The van der Waals surface area contributed by atoms with E-state index in [0.29, 0.717) is 19.1 Å². The number of ether oxygens (including phenoxy) is 1. The van der Waals surface area contributed by atoms with E-state index >= 15 is 0 Å². The van der Waals surface area contributed by atoms with Crippen LogP contribution in [0.1, 0.15) is 18.1 Å². The molecule has 120 valence electrons. The Morgan fingerprint density at radius 1 is 1.09 bits per heavy atom. The lowest BCUT2D eigenvalue weighted by atomic mass is 10.2. The quantitative estimate of drug-likeness (QED) is 0.668. The standard InChI is InChI=1S/C18H21N3O2/c1-3-23-18(22)21-17(19-13-15-7-5-4-6-8-15)20-16-11-9-14(2)10-12-16/h4-12H,3,13H2,1-2H3,(H2,19,20,21,22). The highest BCUT2D eigenvalue weighted by Gasteiger charge is 2.07. The largest absolute Gasteiger partial charge is 0.450 e. The van der Waals surface area contributed by atoms with Crippen LogP contribution >= 0.6 is 0 Å². The second-order valence-electron chi connectivity index (χ2n) is 4.99. The highest BCUT2D eigenvalue weighted by atomic mass is 16.5. The molecule has 0 aliphatic rings. The van der Waals surface area contributed by atoms with E-state index in [1.165, 1.54) is 0 Å². The van der Waals surface area contributed by atoms with Crippen molar-refractivity contribution in [2.24, 2.45) is 4.99 Å². The normalized spacial score (nSPS) is 11.0. The van der Waals surface area contributed by atoms with Crippen LogP contribution in [0.2, 0.25) is 0 Å². The second-order valence-corrected chi connectivity index (χ2v) is 4.99. The minimum Gasteiger partial charge on any atom is -0.450 e. The Morgan fingerprint density at radius 2 is 1.78 bits per heavy atom. The Balaban J connectivity index is 2.10. The first kappa shape index (κ1) is 16.5. The number of rotatable bonds is 4. The van der Waals surface area contributed by atoms with Gasteiger partial charge in [0.15, 0.2) is 0 Å². The lowest BCUT2D eigenvalue weighted by molar-refractivity contribution is 0.158. The summed E-state index contributed by atoms with van der Waals surface area (Å²) < 4.78 is 4.91. The molecule has 0 spiro atoms. The van der Waals surface area contributed by atoms with Gasteiger partial charge in [-0.25, -0.2) is 9.79 Å². The maximum absolute atomic E-state index is 11.7. The molecule has 0 bridgehead atoms. The molecule has 1 amide bonds. The zero-order valence-corrected chi connectivity index (χ0v) is 13.4. The first-order valence-electron chi connectivity index (χ1n) is 7.53. The second kappa shape index (κ2) is 8.58. The number of aryl methyl sites for hydroxylation is 1. The number of hydrogen-bond donors (Lipinski definition) is 2. The van der Waals surface area contributed by atoms with Gasteiger partial charge < -0.3 is 10.1 Å². The molecule has 0 saturated carbocycles. The number of benzene rings is 2. The fourth-order valence-electron chi connectivity index (χ4n) is 1.90. The molecule has 0 heterocycles. The molecule has 2 rings (SSSR count). The monoisotopic (exact) mass is 311 g/mol. The molecule has 0 fully saturated rings. The van der Waals surface area contributed by atoms with Crippen LogP contribution in [-0.2, 0) is 11.3 Å². The van der Waals surface area contributed by atoms with Gasteiger partial charge in [-0.1, -0.05) is 48.0 Å². The van der Waals surface area contributed by atoms with Crippen molar-refractivity contribution in [1.82, 2.24) is 5.32 Å². The van der Waals surface area contributed by atoms with Crippen LogP contribution in [-0.4, -0.2) is 18.7 Å². The molecule has 0 aliphatic carbocycles.